The van der Waals surface area contributed by atoms with Gasteiger partial charge in [0, 0.05) is 12.0 Å². The maximum absolute atomic E-state index is 11.5. The molecule has 1 aliphatic carbocycles. The largest absolute Gasteiger partial charge is 0.294 e. The van der Waals surface area contributed by atoms with Gasteiger partial charge in [-0.1, -0.05) is 17.7 Å². The van der Waals surface area contributed by atoms with Crippen molar-refractivity contribution in [2.45, 2.75) is 26.2 Å². The number of hydrogen-bond acceptors (Lipinski definition) is 1. The molecule has 1 aliphatic rings. The second-order valence-electron chi connectivity index (χ2n) is 3.56. The van der Waals surface area contributed by atoms with E-state index in [1.54, 1.807) is 0 Å². The van der Waals surface area contributed by atoms with Crippen molar-refractivity contribution in [3.8, 4) is 0 Å². The Morgan fingerprint density at radius 2 is 2.08 bits per heavy atom. The minimum absolute atomic E-state index is 0.200. The van der Waals surface area contributed by atoms with Crippen LogP contribution < -0.4 is 0 Å². The van der Waals surface area contributed by atoms with E-state index in [1.807, 2.05) is 13.0 Å². The Labute approximate surface area is 82.7 Å². The van der Waals surface area contributed by atoms with E-state index in [0.29, 0.717) is 11.4 Å². The summed E-state index contributed by atoms with van der Waals surface area (Å²) >= 11 is 6.02. The lowest BCUT2D eigenvalue weighted by molar-refractivity contribution is 0.0972. The lowest BCUT2D eigenvalue weighted by Crippen LogP contribution is -2.11. The van der Waals surface area contributed by atoms with E-state index in [9.17, 15) is 4.79 Å². The van der Waals surface area contributed by atoms with Crippen molar-refractivity contribution in [2.24, 2.45) is 0 Å². The van der Waals surface area contributed by atoms with Crippen LogP contribution in [0.3, 0.4) is 0 Å². The molecular weight excluding hydrogens is 184 g/mol. The maximum atomic E-state index is 11.5. The van der Waals surface area contributed by atoms with Gasteiger partial charge >= 0.3 is 0 Å². The van der Waals surface area contributed by atoms with Gasteiger partial charge in [0.05, 0.1) is 5.02 Å². The first-order chi connectivity index (χ1) is 6.18. The Balaban J connectivity index is 2.63. The van der Waals surface area contributed by atoms with Crippen molar-refractivity contribution in [2.75, 3.05) is 0 Å². The molecule has 0 amide bonds. The number of Topliss-reactive ketones (excluding diaryl/α,β-unsaturated/α-hetero) is 1. The van der Waals surface area contributed by atoms with E-state index < -0.39 is 0 Å². The first-order valence-electron chi connectivity index (χ1n) is 4.50. The van der Waals surface area contributed by atoms with Gasteiger partial charge in [-0.05, 0) is 37.0 Å². The Kier molecular flexibility index (Phi) is 2.12. The third-order valence-corrected chi connectivity index (χ3v) is 2.74. The van der Waals surface area contributed by atoms with Gasteiger partial charge in [-0.15, -0.1) is 0 Å². The van der Waals surface area contributed by atoms with E-state index in [0.717, 1.165) is 29.5 Å². The minimum Gasteiger partial charge on any atom is -0.294 e. The van der Waals surface area contributed by atoms with Crippen LogP contribution in [-0.4, -0.2) is 5.78 Å². The third-order valence-electron chi connectivity index (χ3n) is 2.45. The van der Waals surface area contributed by atoms with Gasteiger partial charge in [-0.3, -0.25) is 4.79 Å². The topological polar surface area (TPSA) is 17.1 Å². The number of ketones is 1. The molecule has 0 spiro atoms. The van der Waals surface area contributed by atoms with Crippen molar-refractivity contribution in [3.05, 3.63) is 33.8 Å². The predicted octanol–water partition coefficient (Wildman–Crippen LogP) is 3.17. The van der Waals surface area contributed by atoms with Crippen molar-refractivity contribution in [1.29, 1.82) is 0 Å². The predicted molar refractivity (Wildman–Crippen MR) is 53.5 cm³/mol. The Bertz CT molecular complexity index is 369. The van der Waals surface area contributed by atoms with E-state index in [-0.39, 0.29) is 5.78 Å². The molecule has 0 aromatic heterocycles. The second-order valence-corrected chi connectivity index (χ2v) is 3.96. The highest BCUT2D eigenvalue weighted by molar-refractivity contribution is 6.34. The Morgan fingerprint density at radius 3 is 2.85 bits per heavy atom. The summed E-state index contributed by atoms with van der Waals surface area (Å²) in [6.45, 7) is 2.01. The van der Waals surface area contributed by atoms with Crippen molar-refractivity contribution >= 4 is 17.4 Å². The number of fused-ring (bicyclic) bond motifs is 1. The minimum atomic E-state index is 0.200. The van der Waals surface area contributed by atoms with Crippen molar-refractivity contribution in [3.63, 3.8) is 0 Å². The molecule has 1 nitrogen and oxygen atoms in total. The Hall–Kier alpha value is -0.820. The summed E-state index contributed by atoms with van der Waals surface area (Å²) in [5.41, 5.74) is 3.03. The number of carbonyl (C=O) groups excluding carboxylic acids is 1. The fourth-order valence-corrected chi connectivity index (χ4v) is 2.29. The molecule has 2 rings (SSSR count). The number of aryl methyl sites for hydroxylation is 2. The average Bonchev–Trinajstić information content (AvgIpc) is 2.02. The van der Waals surface area contributed by atoms with Crippen LogP contribution in [0.25, 0.3) is 0 Å². The van der Waals surface area contributed by atoms with Crippen LogP contribution in [0.2, 0.25) is 5.02 Å². The SMILES string of the molecule is Cc1cc(Cl)c2c(c1)CCCC2=O. The van der Waals surface area contributed by atoms with E-state index in [1.165, 1.54) is 0 Å². The van der Waals surface area contributed by atoms with Crippen LogP contribution in [0.5, 0.6) is 0 Å². The van der Waals surface area contributed by atoms with E-state index in [2.05, 4.69) is 6.07 Å². The summed E-state index contributed by atoms with van der Waals surface area (Å²) < 4.78 is 0. The molecule has 1 aromatic carbocycles. The fraction of sp³-hybridized carbons (Fsp3) is 0.364. The average molecular weight is 195 g/mol. The molecule has 0 N–H and O–H groups in total. The molecule has 2 heteroatoms. The molecule has 0 saturated heterocycles. The van der Waals surface area contributed by atoms with Gasteiger partial charge in [0.1, 0.15) is 0 Å². The van der Waals surface area contributed by atoms with Gasteiger partial charge in [-0.2, -0.15) is 0 Å². The summed E-state index contributed by atoms with van der Waals surface area (Å²) in [4.78, 5) is 11.5. The van der Waals surface area contributed by atoms with Crippen LogP contribution in [0.15, 0.2) is 12.1 Å². The molecule has 0 bridgehead atoms. The number of benzene rings is 1. The molecule has 68 valence electrons. The first kappa shape index (κ1) is 8.76. The molecular formula is C11H11ClO. The van der Waals surface area contributed by atoms with Crippen LogP contribution in [-0.2, 0) is 6.42 Å². The lowest BCUT2D eigenvalue weighted by atomic mass is 9.89. The zero-order valence-electron chi connectivity index (χ0n) is 7.56. The molecule has 13 heavy (non-hydrogen) atoms. The number of rotatable bonds is 0. The molecule has 0 fully saturated rings. The highest BCUT2D eigenvalue weighted by atomic mass is 35.5. The molecule has 0 atom stereocenters. The van der Waals surface area contributed by atoms with Crippen molar-refractivity contribution in [1.82, 2.24) is 0 Å². The number of halogens is 1. The van der Waals surface area contributed by atoms with E-state index >= 15 is 0 Å². The van der Waals surface area contributed by atoms with Gasteiger partial charge in [0.2, 0.25) is 0 Å². The van der Waals surface area contributed by atoms with Gasteiger partial charge in [0.15, 0.2) is 5.78 Å². The summed E-state index contributed by atoms with van der Waals surface area (Å²) in [6, 6.07) is 3.93. The summed E-state index contributed by atoms with van der Waals surface area (Å²) in [5.74, 6) is 0.200. The van der Waals surface area contributed by atoms with Crippen molar-refractivity contribution < 1.29 is 4.79 Å². The standard InChI is InChI=1S/C11H11ClO/c1-7-5-8-3-2-4-10(13)11(8)9(12)6-7/h5-6H,2-4H2,1H3. The van der Waals surface area contributed by atoms with E-state index in [4.69, 9.17) is 11.6 Å². The zero-order valence-corrected chi connectivity index (χ0v) is 8.32. The fourth-order valence-electron chi connectivity index (χ4n) is 1.89. The lowest BCUT2D eigenvalue weighted by Gasteiger charge is -2.16. The van der Waals surface area contributed by atoms with Crippen LogP contribution in [0.1, 0.15) is 34.3 Å². The molecule has 0 unspecified atom stereocenters. The van der Waals surface area contributed by atoms with Crippen LogP contribution in [0, 0.1) is 6.92 Å². The normalized spacial score (nSPS) is 15.7. The smallest absolute Gasteiger partial charge is 0.164 e. The molecule has 0 saturated carbocycles. The summed E-state index contributed by atoms with van der Waals surface area (Å²) in [6.07, 6.45) is 2.60. The monoisotopic (exact) mass is 194 g/mol. The quantitative estimate of drug-likeness (QED) is 0.620. The third kappa shape index (κ3) is 1.49. The first-order valence-corrected chi connectivity index (χ1v) is 4.88. The van der Waals surface area contributed by atoms with Gasteiger partial charge in [0.25, 0.3) is 0 Å². The highest BCUT2D eigenvalue weighted by Crippen LogP contribution is 2.28. The Morgan fingerprint density at radius 1 is 1.31 bits per heavy atom. The van der Waals surface area contributed by atoms with Crippen LogP contribution in [0.4, 0.5) is 0 Å². The molecule has 0 radical (unpaired) electrons. The molecule has 0 heterocycles. The van der Waals surface area contributed by atoms with Gasteiger partial charge < -0.3 is 0 Å². The second kappa shape index (κ2) is 3.15. The molecule has 1 aromatic rings. The number of carbonyl (C=O) groups is 1. The molecule has 0 aliphatic heterocycles. The van der Waals surface area contributed by atoms with Gasteiger partial charge in [-0.25, -0.2) is 0 Å². The van der Waals surface area contributed by atoms with Crippen LogP contribution >= 0.6 is 11.6 Å². The maximum Gasteiger partial charge on any atom is 0.164 e. The summed E-state index contributed by atoms with van der Waals surface area (Å²) in [5, 5.41) is 0.625. The number of hydrogen-bond donors (Lipinski definition) is 0. The zero-order chi connectivity index (χ0) is 9.42. The summed E-state index contributed by atoms with van der Waals surface area (Å²) in [7, 11) is 0. The highest BCUT2D eigenvalue weighted by Gasteiger charge is 2.19.